The summed E-state index contributed by atoms with van der Waals surface area (Å²) in [5.41, 5.74) is 8.12. The normalized spacial score (nSPS) is 12.9. The highest BCUT2D eigenvalue weighted by Gasteiger charge is 2.15. The number of aryl methyl sites for hydroxylation is 1. The number of pyridine rings is 1. The van der Waals surface area contributed by atoms with Gasteiger partial charge < -0.3 is 0 Å². The van der Waals surface area contributed by atoms with Crippen LogP contribution in [0.25, 0.3) is 22.4 Å². The van der Waals surface area contributed by atoms with E-state index < -0.39 is 0 Å². The summed E-state index contributed by atoms with van der Waals surface area (Å²) in [6.07, 6.45) is 1.78. The quantitative estimate of drug-likeness (QED) is 0.639. The van der Waals surface area contributed by atoms with E-state index in [0.29, 0.717) is 5.56 Å². The monoisotopic (exact) mass is 316 g/mol. The lowest BCUT2D eigenvalue weighted by Gasteiger charge is -2.11. The van der Waals surface area contributed by atoms with E-state index in [-0.39, 0.29) is 5.82 Å². The van der Waals surface area contributed by atoms with E-state index >= 15 is 0 Å². The standard InChI is InChI=1S/C21H17FN2/c1-13-10-16(7-8-20(13)22)21-18(4-3-9-23-21)15-5-6-17-12-24-14(2)19(17)11-15/h3-11H,12H2,1-2H3. The minimum absolute atomic E-state index is 0.194. The molecule has 2 heterocycles. The van der Waals surface area contributed by atoms with Crippen LogP contribution in [0.1, 0.15) is 23.6 Å². The van der Waals surface area contributed by atoms with E-state index in [9.17, 15) is 4.39 Å². The number of benzene rings is 2. The van der Waals surface area contributed by atoms with Crippen LogP contribution in [0.5, 0.6) is 0 Å². The van der Waals surface area contributed by atoms with Crippen LogP contribution in [-0.4, -0.2) is 10.7 Å². The molecule has 1 aliphatic heterocycles. The summed E-state index contributed by atoms with van der Waals surface area (Å²) in [5.74, 6) is -0.194. The Bertz CT molecular complexity index is 973. The summed E-state index contributed by atoms with van der Waals surface area (Å²) in [4.78, 5) is 9.06. The van der Waals surface area contributed by atoms with Crippen LogP contribution >= 0.6 is 0 Å². The highest BCUT2D eigenvalue weighted by atomic mass is 19.1. The van der Waals surface area contributed by atoms with Crippen molar-refractivity contribution < 1.29 is 4.39 Å². The van der Waals surface area contributed by atoms with E-state index in [1.54, 1.807) is 19.2 Å². The molecule has 0 saturated heterocycles. The third-order valence-electron chi connectivity index (χ3n) is 4.54. The maximum atomic E-state index is 13.6. The van der Waals surface area contributed by atoms with Gasteiger partial charge in [-0.1, -0.05) is 18.2 Å². The number of aromatic nitrogens is 1. The Morgan fingerprint density at radius 2 is 1.75 bits per heavy atom. The molecule has 0 saturated carbocycles. The third kappa shape index (κ3) is 2.42. The van der Waals surface area contributed by atoms with Gasteiger partial charge in [-0.3, -0.25) is 9.98 Å². The molecular weight excluding hydrogens is 299 g/mol. The van der Waals surface area contributed by atoms with Crippen molar-refractivity contribution in [2.75, 3.05) is 0 Å². The number of fused-ring (bicyclic) bond motifs is 1. The van der Waals surface area contributed by atoms with Crippen molar-refractivity contribution in [3.05, 3.63) is 77.2 Å². The average Bonchev–Trinajstić information content (AvgIpc) is 2.98. The predicted molar refractivity (Wildman–Crippen MR) is 95.7 cm³/mol. The van der Waals surface area contributed by atoms with Gasteiger partial charge >= 0.3 is 0 Å². The topological polar surface area (TPSA) is 25.2 Å². The largest absolute Gasteiger partial charge is 0.285 e. The molecule has 3 heteroatoms. The van der Waals surface area contributed by atoms with Crippen LogP contribution < -0.4 is 0 Å². The Labute approximate surface area is 140 Å². The maximum Gasteiger partial charge on any atom is 0.126 e. The molecule has 0 N–H and O–H groups in total. The molecular formula is C21H17FN2. The van der Waals surface area contributed by atoms with Gasteiger partial charge in [0, 0.05) is 28.6 Å². The molecule has 0 aliphatic carbocycles. The molecule has 24 heavy (non-hydrogen) atoms. The van der Waals surface area contributed by atoms with Crippen molar-refractivity contribution >= 4 is 5.71 Å². The van der Waals surface area contributed by atoms with Crippen molar-refractivity contribution in [3.63, 3.8) is 0 Å². The number of hydrogen-bond donors (Lipinski definition) is 0. The first-order chi connectivity index (χ1) is 11.6. The van der Waals surface area contributed by atoms with Gasteiger partial charge in [0.15, 0.2) is 0 Å². The van der Waals surface area contributed by atoms with Crippen LogP contribution in [0.3, 0.4) is 0 Å². The van der Waals surface area contributed by atoms with Crippen molar-refractivity contribution in [3.8, 4) is 22.4 Å². The molecule has 0 radical (unpaired) electrons. The summed E-state index contributed by atoms with van der Waals surface area (Å²) in [6, 6.07) is 15.6. The van der Waals surface area contributed by atoms with E-state index in [2.05, 4.69) is 34.2 Å². The lowest BCUT2D eigenvalue weighted by atomic mass is 9.95. The molecule has 1 aromatic heterocycles. The Morgan fingerprint density at radius 1 is 0.917 bits per heavy atom. The van der Waals surface area contributed by atoms with Crippen molar-refractivity contribution in [2.24, 2.45) is 4.99 Å². The molecule has 2 aromatic carbocycles. The summed E-state index contributed by atoms with van der Waals surface area (Å²) in [7, 11) is 0. The van der Waals surface area contributed by atoms with Gasteiger partial charge in [-0.2, -0.15) is 0 Å². The summed E-state index contributed by atoms with van der Waals surface area (Å²) in [6.45, 7) is 4.58. The second-order valence-electron chi connectivity index (χ2n) is 6.14. The lowest BCUT2D eigenvalue weighted by Crippen LogP contribution is -1.95. The molecule has 0 atom stereocenters. The Morgan fingerprint density at radius 3 is 2.58 bits per heavy atom. The van der Waals surface area contributed by atoms with Gasteiger partial charge in [0.25, 0.3) is 0 Å². The second kappa shape index (κ2) is 5.68. The smallest absolute Gasteiger partial charge is 0.126 e. The Balaban J connectivity index is 1.87. The second-order valence-corrected chi connectivity index (χ2v) is 6.14. The predicted octanol–water partition coefficient (Wildman–Crippen LogP) is 5.19. The molecule has 0 spiro atoms. The number of hydrogen-bond acceptors (Lipinski definition) is 2. The van der Waals surface area contributed by atoms with Crippen LogP contribution in [-0.2, 0) is 6.54 Å². The Kier molecular flexibility index (Phi) is 3.49. The zero-order chi connectivity index (χ0) is 16.7. The van der Waals surface area contributed by atoms with E-state index in [1.807, 2.05) is 19.1 Å². The van der Waals surface area contributed by atoms with Gasteiger partial charge in [0.2, 0.25) is 0 Å². The fourth-order valence-electron chi connectivity index (χ4n) is 3.17. The molecule has 2 nitrogen and oxygen atoms in total. The minimum Gasteiger partial charge on any atom is -0.285 e. The molecule has 1 aliphatic rings. The third-order valence-corrected chi connectivity index (χ3v) is 4.54. The molecule has 0 amide bonds. The van der Waals surface area contributed by atoms with Gasteiger partial charge in [-0.15, -0.1) is 0 Å². The fraction of sp³-hybridized carbons (Fsp3) is 0.143. The van der Waals surface area contributed by atoms with Crippen molar-refractivity contribution in [1.82, 2.24) is 4.98 Å². The van der Waals surface area contributed by atoms with Crippen molar-refractivity contribution in [1.29, 1.82) is 0 Å². The minimum atomic E-state index is -0.194. The number of rotatable bonds is 2. The molecule has 118 valence electrons. The van der Waals surface area contributed by atoms with Gasteiger partial charge in [-0.05, 0) is 60.9 Å². The molecule has 0 unspecified atom stereocenters. The summed E-state index contributed by atoms with van der Waals surface area (Å²) < 4.78 is 13.6. The number of halogens is 1. The highest BCUT2D eigenvalue weighted by molar-refractivity contribution is 6.03. The summed E-state index contributed by atoms with van der Waals surface area (Å²) >= 11 is 0. The van der Waals surface area contributed by atoms with E-state index in [4.69, 9.17) is 0 Å². The van der Waals surface area contributed by atoms with Crippen LogP contribution in [0, 0.1) is 12.7 Å². The summed E-state index contributed by atoms with van der Waals surface area (Å²) in [5, 5.41) is 0. The molecule has 4 rings (SSSR count). The zero-order valence-corrected chi connectivity index (χ0v) is 13.7. The zero-order valence-electron chi connectivity index (χ0n) is 13.7. The number of aliphatic imine (C=N–C) groups is 1. The first-order valence-corrected chi connectivity index (χ1v) is 8.00. The Hall–Kier alpha value is -2.81. The van der Waals surface area contributed by atoms with Gasteiger partial charge in [0.1, 0.15) is 5.82 Å². The first-order valence-electron chi connectivity index (χ1n) is 8.00. The van der Waals surface area contributed by atoms with E-state index in [0.717, 1.165) is 34.6 Å². The van der Waals surface area contributed by atoms with Crippen molar-refractivity contribution in [2.45, 2.75) is 20.4 Å². The highest BCUT2D eigenvalue weighted by Crippen LogP contribution is 2.33. The molecule has 0 bridgehead atoms. The van der Waals surface area contributed by atoms with Gasteiger partial charge in [0.05, 0.1) is 12.2 Å². The number of nitrogens with zero attached hydrogens (tertiary/aromatic N) is 2. The molecule has 0 fully saturated rings. The average molecular weight is 316 g/mol. The fourth-order valence-corrected chi connectivity index (χ4v) is 3.17. The molecule has 3 aromatic rings. The van der Waals surface area contributed by atoms with Crippen LogP contribution in [0.4, 0.5) is 4.39 Å². The van der Waals surface area contributed by atoms with Crippen LogP contribution in [0.2, 0.25) is 0 Å². The maximum absolute atomic E-state index is 13.6. The van der Waals surface area contributed by atoms with E-state index in [1.165, 1.54) is 17.2 Å². The first kappa shape index (κ1) is 14.8. The SMILES string of the molecule is CC1=NCc2ccc(-c3cccnc3-c3ccc(F)c(C)c3)cc21. The van der Waals surface area contributed by atoms with Crippen LogP contribution in [0.15, 0.2) is 59.7 Å². The lowest BCUT2D eigenvalue weighted by molar-refractivity contribution is 0.619. The van der Waals surface area contributed by atoms with Gasteiger partial charge in [-0.25, -0.2) is 4.39 Å².